The van der Waals surface area contributed by atoms with E-state index < -0.39 is 5.79 Å². The number of ether oxygens (including phenoxy) is 1. The number of hydrogen-bond donors (Lipinski definition) is 1. The number of rotatable bonds is 5. The number of piperidine rings is 1. The summed E-state index contributed by atoms with van der Waals surface area (Å²) in [4.78, 5) is 17.7. The molecule has 0 saturated carbocycles. The molecule has 1 aromatic rings. The van der Waals surface area contributed by atoms with Crippen LogP contribution in [0.3, 0.4) is 0 Å². The fourth-order valence-electron chi connectivity index (χ4n) is 4.94. The molecule has 1 amide bonds. The Labute approximate surface area is 187 Å². The van der Waals surface area contributed by atoms with Crippen molar-refractivity contribution in [2.45, 2.75) is 37.5 Å². The van der Waals surface area contributed by atoms with E-state index >= 15 is 0 Å². The van der Waals surface area contributed by atoms with Crippen LogP contribution in [0.1, 0.15) is 24.8 Å². The highest BCUT2D eigenvalue weighted by Crippen LogP contribution is 2.40. The van der Waals surface area contributed by atoms with E-state index in [2.05, 4.69) is 11.0 Å². The number of fused-ring (bicyclic) bond motifs is 1. The zero-order chi connectivity index (χ0) is 21.3. The third-order valence-corrected chi connectivity index (χ3v) is 7.30. The molecule has 162 valence electrons. The van der Waals surface area contributed by atoms with Gasteiger partial charge in [-0.15, -0.1) is 0 Å². The number of allylic oxidation sites excluding steroid dienone is 2. The Morgan fingerprint density at radius 1 is 1.23 bits per heavy atom. The fourth-order valence-corrected chi connectivity index (χ4v) is 5.26. The number of hydrogen-bond acceptors (Lipinski definition) is 4. The molecule has 2 saturated heterocycles. The third kappa shape index (κ3) is 4.32. The fraction of sp³-hybridized carbons (Fsp3) is 0.522. The lowest BCUT2D eigenvalue weighted by Gasteiger charge is -2.48. The molecule has 0 aromatic heterocycles. The van der Waals surface area contributed by atoms with Crippen LogP contribution in [0.25, 0.3) is 0 Å². The van der Waals surface area contributed by atoms with Crippen LogP contribution >= 0.6 is 23.2 Å². The quantitative estimate of drug-likeness (QED) is 0.695. The van der Waals surface area contributed by atoms with Crippen LogP contribution in [0.4, 0.5) is 0 Å². The lowest BCUT2D eigenvalue weighted by atomic mass is 9.76. The van der Waals surface area contributed by atoms with Gasteiger partial charge in [0.25, 0.3) is 0 Å². The summed E-state index contributed by atoms with van der Waals surface area (Å²) in [7, 11) is 1.53. The van der Waals surface area contributed by atoms with Gasteiger partial charge in [0.1, 0.15) is 0 Å². The molecule has 2 aliphatic heterocycles. The zero-order valence-corrected chi connectivity index (χ0v) is 18.7. The molecule has 1 aliphatic carbocycles. The maximum Gasteiger partial charge on any atom is 0.227 e. The first-order chi connectivity index (χ1) is 14.4. The lowest BCUT2D eigenvalue weighted by molar-refractivity contribution is -0.185. The summed E-state index contributed by atoms with van der Waals surface area (Å²) in [6.45, 7) is 3.46. The van der Waals surface area contributed by atoms with Crippen molar-refractivity contribution in [3.63, 3.8) is 0 Å². The molecule has 0 radical (unpaired) electrons. The molecule has 4 rings (SSSR count). The maximum atomic E-state index is 13.3. The average Bonchev–Trinajstić information content (AvgIpc) is 3.24. The third-order valence-electron chi connectivity index (χ3n) is 6.56. The van der Waals surface area contributed by atoms with Crippen LogP contribution in [-0.2, 0) is 16.0 Å². The standard InChI is InChI=1S/C23H28Cl2N2O3/c1-30-23(29)9-4-5-17-18(23)8-12-27(21(17)15-26-10-2-3-11-26)22(28)14-16-6-7-19(24)20(25)13-16/h4-7,9,13,18,21,29H,2-3,8,10-12,14-15H2,1H3. The highest BCUT2D eigenvalue weighted by atomic mass is 35.5. The number of aliphatic hydroxyl groups is 1. The molecule has 7 heteroatoms. The van der Waals surface area contributed by atoms with Gasteiger partial charge in [-0.05, 0) is 61.7 Å². The van der Waals surface area contributed by atoms with Gasteiger partial charge in [-0.1, -0.05) is 41.4 Å². The summed E-state index contributed by atoms with van der Waals surface area (Å²) in [6.07, 6.45) is 8.92. The molecule has 3 unspecified atom stereocenters. The van der Waals surface area contributed by atoms with Crippen LogP contribution in [0.15, 0.2) is 42.0 Å². The number of nitrogens with zero attached hydrogens (tertiary/aromatic N) is 2. The topological polar surface area (TPSA) is 53.0 Å². The Hall–Kier alpha value is -1.37. The lowest BCUT2D eigenvalue weighted by Crippen LogP contribution is -2.57. The number of methoxy groups -OCH3 is 1. The van der Waals surface area contributed by atoms with E-state index in [0.29, 0.717) is 23.0 Å². The largest absolute Gasteiger partial charge is 0.362 e. The van der Waals surface area contributed by atoms with Crippen molar-refractivity contribution >= 4 is 29.1 Å². The monoisotopic (exact) mass is 450 g/mol. The minimum atomic E-state index is -1.31. The van der Waals surface area contributed by atoms with Crippen LogP contribution < -0.4 is 0 Å². The molecule has 2 heterocycles. The molecular formula is C23H28Cl2N2O3. The molecular weight excluding hydrogens is 423 g/mol. The highest BCUT2D eigenvalue weighted by molar-refractivity contribution is 6.42. The van der Waals surface area contributed by atoms with Crippen molar-refractivity contribution in [2.24, 2.45) is 5.92 Å². The molecule has 3 aliphatic rings. The predicted octanol–water partition coefficient (Wildman–Crippen LogP) is 3.68. The summed E-state index contributed by atoms with van der Waals surface area (Å²) in [6, 6.07) is 5.26. The smallest absolute Gasteiger partial charge is 0.227 e. The second kappa shape index (κ2) is 9.01. The molecule has 0 spiro atoms. The van der Waals surface area contributed by atoms with Crippen molar-refractivity contribution in [1.82, 2.24) is 9.80 Å². The number of benzene rings is 1. The van der Waals surface area contributed by atoms with Crippen molar-refractivity contribution < 1.29 is 14.6 Å². The number of halogens is 2. The first-order valence-corrected chi connectivity index (χ1v) is 11.3. The number of carbonyl (C=O) groups excluding carboxylic acids is 1. The van der Waals surface area contributed by atoms with Gasteiger partial charge >= 0.3 is 0 Å². The number of amides is 1. The maximum absolute atomic E-state index is 13.3. The van der Waals surface area contributed by atoms with Gasteiger partial charge in [-0.3, -0.25) is 4.79 Å². The van der Waals surface area contributed by atoms with Crippen LogP contribution in [-0.4, -0.2) is 65.9 Å². The molecule has 3 atom stereocenters. The van der Waals surface area contributed by atoms with Gasteiger partial charge in [0.05, 0.1) is 22.5 Å². The summed E-state index contributed by atoms with van der Waals surface area (Å²) in [5, 5.41) is 11.9. The Morgan fingerprint density at radius 2 is 2.00 bits per heavy atom. The SMILES string of the molecule is COC1(O)C=CC=C2C(CN3CCCC3)N(C(=O)Cc3ccc(Cl)c(Cl)c3)CCC21. The van der Waals surface area contributed by atoms with Gasteiger partial charge in [0.2, 0.25) is 5.91 Å². The first kappa shape index (κ1) is 21.8. The van der Waals surface area contributed by atoms with E-state index in [1.165, 1.54) is 20.0 Å². The Kier molecular flexibility index (Phi) is 6.56. The minimum Gasteiger partial charge on any atom is -0.362 e. The second-order valence-electron chi connectivity index (χ2n) is 8.36. The second-order valence-corrected chi connectivity index (χ2v) is 9.17. The molecule has 30 heavy (non-hydrogen) atoms. The van der Waals surface area contributed by atoms with E-state index in [9.17, 15) is 9.90 Å². The zero-order valence-electron chi connectivity index (χ0n) is 17.2. The van der Waals surface area contributed by atoms with Gasteiger partial charge in [0, 0.05) is 26.1 Å². The van der Waals surface area contributed by atoms with E-state index in [1.54, 1.807) is 18.2 Å². The van der Waals surface area contributed by atoms with Gasteiger partial charge in [0.15, 0.2) is 5.79 Å². The number of carbonyl (C=O) groups is 1. The molecule has 1 aromatic carbocycles. The Bertz CT molecular complexity index is 866. The first-order valence-electron chi connectivity index (χ1n) is 10.5. The van der Waals surface area contributed by atoms with Gasteiger partial charge < -0.3 is 19.6 Å². The van der Waals surface area contributed by atoms with Gasteiger partial charge in [-0.2, -0.15) is 0 Å². The van der Waals surface area contributed by atoms with Crippen molar-refractivity contribution in [3.05, 3.63) is 57.6 Å². The summed E-state index contributed by atoms with van der Waals surface area (Å²) >= 11 is 12.2. The van der Waals surface area contributed by atoms with Crippen LogP contribution in [0.5, 0.6) is 0 Å². The average molecular weight is 451 g/mol. The summed E-state index contributed by atoms with van der Waals surface area (Å²) in [5.74, 6) is -1.40. The van der Waals surface area contributed by atoms with E-state index in [1.807, 2.05) is 17.0 Å². The minimum absolute atomic E-state index is 0.0624. The number of likely N-dealkylation sites (tertiary alicyclic amines) is 2. The van der Waals surface area contributed by atoms with E-state index in [4.69, 9.17) is 27.9 Å². The van der Waals surface area contributed by atoms with Crippen LogP contribution in [0, 0.1) is 5.92 Å². The Morgan fingerprint density at radius 3 is 2.70 bits per heavy atom. The van der Waals surface area contributed by atoms with E-state index in [0.717, 1.165) is 30.8 Å². The van der Waals surface area contributed by atoms with Crippen molar-refractivity contribution in [3.8, 4) is 0 Å². The summed E-state index contributed by atoms with van der Waals surface area (Å²) < 4.78 is 5.47. The Balaban J connectivity index is 1.59. The van der Waals surface area contributed by atoms with Crippen molar-refractivity contribution in [1.29, 1.82) is 0 Å². The van der Waals surface area contributed by atoms with Crippen LogP contribution in [0.2, 0.25) is 10.0 Å². The highest BCUT2D eigenvalue weighted by Gasteiger charge is 2.46. The molecule has 0 bridgehead atoms. The summed E-state index contributed by atoms with van der Waals surface area (Å²) in [5.41, 5.74) is 1.92. The predicted molar refractivity (Wildman–Crippen MR) is 119 cm³/mol. The van der Waals surface area contributed by atoms with Crippen molar-refractivity contribution in [2.75, 3.05) is 33.3 Å². The van der Waals surface area contributed by atoms with E-state index in [-0.39, 0.29) is 24.3 Å². The normalized spacial score (nSPS) is 29.1. The molecule has 2 fully saturated rings. The van der Waals surface area contributed by atoms with Gasteiger partial charge in [-0.25, -0.2) is 0 Å². The molecule has 1 N–H and O–H groups in total. The molecule has 5 nitrogen and oxygen atoms in total.